The van der Waals surface area contributed by atoms with Crippen molar-refractivity contribution in [1.82, 2.24) is 0 Å². The Morgan fingerprint density at radius 3 is 1.91 bits per heavy atom. The molecule has 0 aromatic rings. The van der Waals surface area contributed by atoms with Gasteiger partial charge in [-0.05, 0) is 32.1 Å². The van der Waals surface area contributed by atoms with Gasteiger partial charge in [0.05, 0.1) is 26.4 Å². The molecule has 0 fully saturated rings. The summed E-state index contributed by atoms with van der Waals surface area (Å²) in [5, 5.41) is 27.1. The van der Waals surface area contributed by atoms with Crippen LogP contribution in [-0.2, 0) is 23.1 Å². The third kappa shape index (κ3) is 21.7. The lowest BCUT2D eigenvalue weighted by atomic mass is 10.1. The molecule has 0 spiro atoms. The van der Waals surface area contributed by atoms with E-state index in [0.29, 0.717) is 6.42 Å². The second kappa shape index (κ2) is 22.7. The number of allylic oxidation sites excluding steroid dienone is 2. The van der Waals surface area contributed by atoms with Gasteiger partial charge in [0.1, 0.15) is 12.2 Å². The molecule has 0 rings (SSSR count). The highest BCUT2D eigenvalue weighted by atomic mass is 31.2. The summed E-state index contributed by atoms with van der Waals surface area (Å²) < 4.78 is 25.9. The molecule has 0 saturated heterocycles. The van der Waals surface area contributed by atoms with Gasteiger partial charge in [-0.25, -0.2) is 4.57 Å². The predicted octanol–water partition coefficient (Wildman–Crippen LogP) is 4.41. The first kappa shape index (κ1) is 33.2. The molecule has 0 amide bonds. The van der Waals surface area contributed by atoms with Gasteiger partial charge in [-0.15, -0.1) is 0 Å². The molecular formula is C24H47O9P. The van der Waals surface area contributed by atoms with Crippen LogP contribution in [0.1, 0.15) is 96.8 Å². The highest BCUT2D eigenvalue weighted by Crippen LogP contribution is 2.43. The smallest absolute Gasteiger partial charge is 0.457 e. The van der Waals surface area contributed by atoms with E-state index in [-0.39, 0.29) is 6.42 Å². The number of unbranched alkanes of at least 4 members (excludes halogenated alkanes) is 11. The quantitative estimate of drug-likeness (QED) is 0.0642. The standard InChI is InChI=1S/C24H47O9P/c1-2-3-4-5-6-7-8-9-10-11-12-13-14-15-16-17-24(28)33-23(19-26)21-32-34(29,30)31-20-22(27)18-25/h9-10,22-23,25-27H,2-8,11-21H2,1H3,(H,29,30)/b10-9-/t22-,23-/m0/s1. The van der Waals surface area contributed by atoms with E-state index in [4.69, 9.17) is 14.9 Å². The predicted molar refractivity (Wildman–Crippen MR) is 131 cm³/mol. The van der Waals surface area contributed by atoms with Gasteiger partial charge in [0.2, 0.25) is 0 Å². The zero-order valence-electron chi connectivity index (χ0n) is 20.8. The molecule has 0 bridgehead atoms. The number of phosphoric acid groups is 1. The number of rotatable bonds is 24. The summed E-state index contributed by atoms with van der Waals surface area (Å²) >= 11 is 0. The molecule has 4 N–H and O–H groups in total. The van der Waals surface area contributed by atoms with E-state index in [0.717, 1.165) is 32.1 Å². The van der Waals surface area contributed by atoms with Gasteiger partial charge in [-0.3, -0.25) is 13.8 Å². The Bertz CT molecular complexity index is 557. The maximum atomic E-state index is 11.9. The van der Waals surface area contributed by atoms with Crippen LogP contribution in [0.15, 0.2) is 12.2 Å². The van der Waals surface area contributed by atoms with Gasteiger partial charge in [0.25, 0.3) is 0 Å². The monoisotopic (exact) mass is 510 g/mol. The van der Waals surface area contributed by atoms with Crippen LogP contribution >= 0.6 is 7.82 Å². The summed E-state index contributed by atoms with van der Waals surface area (Å²) in [6.07, 6.45) is 17.4. The zero-order chi connectivity index (χ0) is 25.5. The number of phosphoric ester groups is 1. The summed E-state index contributed by atoms with van der Waals surface area (Å²) in [4.78, 5) is 21.4. The summed E-state index contributed by atoms with van der Waals surface area (Å²) in [6.45, 7) is -0.0936. The SMILES string of the molecule is CCCCCCCC/C=C\CCCCCCCC(=O)O[C@@H](CO)COP(=O)(O)OC[C@@H](O)CO. The van der Waals surface area contributed by atoms with Crippen molar-refractivity contribution >= 4 is 13.8 Å². The summed E-state index contributed by atoms with van der Waals surface area (Å²) in [5.74, 6) is -0.510. The highest BCUT2D eigenvalue weighted by molar-refractivity contribution is 7.47. The fourth-order valence-corrected chi connectivity index (χ4v) is 3.95. The third-order valence-corrected chi connectivity index (χ3v) is 6.16. The number of carbonyl (C=O) groups is 1. The normalized spacial score (nSPS) is 15.3. The van der Waals surface area contributed by atoms with E-state index in [1.165, 1.54) is 44.9 Å². The molecule has 0 aliphatic rings. The number of hydrogen-bond donors (Lipinski definition) is 4. The molecule has 1 unspecified atom stereocenters. The van der Waals surface area contributed by atoms with E-state index in [1.807, 2.05) is 0 Å². The molecule has 0 saturated carbocycles. The Morgan fingerprint density at radius 2 is 1.35 bits per heavy atom. The molecule has 0 heterocycles. The lowest BCUT2D eigenvalue weighted by Gasteiger charge is -2.18. The van der Waals surface area contributed by atoms with E-state index < -0.39 is 52.4 Å². The fraction of sp³-hybridized carbons (Fsp3) is 0.875. The average Bonchev–Trinajstić information content (AvgIpc) is 2.82. The molecule has 202 valence electrons. The first-order valence-electron chi connectivity index (χ1n) is 12.7. The van der Waals surface area contributed by atoms with Gasteiger partial charge in [-0.1, -0.05) is 70.4 Å². The number of aliphatic hydroxyl groups excluding tert-OH is 3. The van der Waals surface area contributed by atoms with Crippen molar-refractivity contribution < 1.29 is 43.4 Å². The number of esters is 1. The van der Waals surface area contributed by atoms with Crippen LogP contribution < -0.4 is 0 Å². The minimum Gasteiger partial charge on any atom is -0.457 e. The first-order chi connectivity index (χ1) is 16.3. The number of aliphatic hydroxyl groups is 3. The van der Waals surface area contributed by atoms with Crippen LogP contribution in [0.5, 0.6) is 0 Å². The number of carbonyl (C=O) groups excluding carboxylic acids is 1. The maximum Gasteiger partial charge on any atom is 0.472 e. The Kier molecular flexibility index (Phi) is 22.1. The summed E-state index contributed by atoms with van der Waals surface area (Å²) in [5.41, 5.74) is 0. The summed E-state index contributed by atoms with van der Waals surface area (Å²) in [7, 11) is -4.50. The van der Waals surface area contributed by atoms with Crippen LogP contribution in [0, 0.1) is 0 Å². The second-order valence-corrected chi connectivity index (χ2v) is 9.98. The number of hydrogen-bond acceptors (Lipinski definition) is 8. The maximum absolute atomic E-state index is 11.9. The van der Waals surface area contributed by atoms with Gasteiger partial charge in [-0.2, -0.15) is 0 Å². The van der Waals surface area contributed by atoms with E-state index >= 15 is 0 Å². The third-order valence-electron chi connectivity index (χ3n) is 5.21. The van der Waals surface area contributed by atoms with Crippen LogP contribution in [0.3, 0.4) is 0 Å². The van der Waals surface area contributed by atoms with Crippen LogP contribution in [-0.4, -0.2) is 64.8 Å². The fourth-order valence-electron chi connectivity index (χ4n) is 3.16. The molecule has 9 nitrogen and oxygen atoms in total. The Balaban J connectivity index is 3.72. The van der Waals surface area contributed by atoms with Crippen LogP contribution in [0.25, 0.3) is 0 Å². The molecule has 3 atom stereocenters. The van der Waals surface area contributed by atoms with Crippen LogP contribution in [0.4, 0.5) is 0 Å². The van der Waals surface area contributed by atoms with Crippen molar-refractivity contribution in [2.75, 3.05) is 26.4 Å². The van der Waals surface area contributed by atoms with E-state index in [2.05, 4.69) is 28.1 Å². The molecule has 0 aromatic heterocycles. The van der Waals surface area contributed by atoms with Gasteiger partial charge in [0, 0.05) is 6.42 Å². The van der Waals surface area contributed by atoms with Gasteiger partial charge in [0.15, 0.2) is 0 Å². The van der Waals surface area contributed by atoms with Crippen molar-refractivity contribution in [2.45, 2.75) is 109 Å². The molecule has 0 aromatic carbocycles. The zero-order valence-corrected chi connectivity index (χ0v) is 21.7. The van der Waals surface area contributed by atoms with Crippen molar-refractivity contribution in [2.24, 2.45) is 0 Å². The van der Waals surface area contributed by atoms with E-state index in [1.54, 1.807) is 0 Å². The largest absolute Gasteiger partial charge is 0.472 e. The molecule has 0 radical (unpaired) electrons. The Morgan fingerprint density at radius 1 is 0.824 bits per heavy atom. The van der Waals surface area contributed by atoms with Gasteiger partial charge >= 0.3 is 13.8 Å². The Hall–Kier alpha value is -0.800. The van der Waals surface area contributed by atoms with E-state index in [9.17, 15) is 19.4 Å². The molecule has 0 aliphatic carbocycles. The Labute approximate surface area is 205 Å². The second-order valence-electron chi connectivity index (χ2n) is 8.53. The summed E-state index contributed by atoms with van der Waals surface area (Å²) in [6, 6.07) is 0. The average molecular weight is 511 g/mol. The molecule has 0 aliphatic heterocycles. The van der Waals surface area contributed by atoms with Crippen molar-refractivity contribution in [1.29, 1.82) is 0 Å². The van der Waals surface area contributed by atoms with Crippen molar-refractivity contribution in [3.8, 4) is 0 Å². The van der Waals surface area contributed by atoms with Crippen LogP contribution in [0.2, 0.25) is 0 Å². The minimum atomic E-state index is -4.50. The topological polar surface area (TPSA) is 143 Å². The van der Waals surface area contributed by atoms with Crippen molar-refractivity contribution in [3.05, 3.63) is 12.2 Å². The van der Waals surface area contributed by atoms with Crippen molar-refractivity contribution in [3.63, 3.8) is 0 Å². The number of ether oxygens (including phenoxy) is 1. The lowest BCUT2D eigenvalue weighted by Crippen LogP contribution is -2.27. The molecule has 34 heavy (non-hydrogen) atoms. The highest BCUT2D eigenvalue weighted by Gasteiger charge is 2.25. The molecule has 10 heteroatoms. The van der Waals surface area contributed by atoms with Gasteiger partial charge < -0.3 is 24.9 Å². The minimum absolute atomic E-state index is 0.199. The molecular weight excluding hydrogens is 463 g/mol. The first-order valence-corrected chi connectivity index (χ1v) is 14.2. The lowest BCUT2D eigenvalue weighted by molar-refractivity contribution is -0.153.